The van der Waals surface area contributed by atoms with Gasteiger partial charge in [0.1, 0.15) is 11.6 Å². The molecule has 0 aliphatic heterocycles. The summed E-state index contributed by atoms with van der Waals surface area (Å²) in [4.78, 5) is 17.2. The number of para-hydroxylation sites is 1. The zero-order valence-electron chi connectivity index (χ0n) is 19.0. The van der Waals surface area contributed by atoms with Gasteiger partial charge in [-0.1, -0.05) is 44.2 Å². The molecule has 0 spiro atoms. The number of benzene rings is 2. The molecule has 3 rings (SSSR count). The molecule has 3 aromatic rings. The van der Waals surface area contributed by atoms with E-state index < -0.39 is 5.82 Å². The van der Waals surface area contributed by atoms with Crippen molar-refractivity contribution in [3.05, 3.63) is 77.2 Å². The Morgan fingerprint density at radius 2 is 1.71 bits per heavy atom. The molecular formula is C25H31FN4O. The van der Waals surface area contributed by atoms with Crippen LogP contribution in [0, 0.1) is 5.82 Å². The quantitative estimate of drug-likeness (QED) is 0.508. The van der Waals surface area contributed by atoms with E-state index in [9.17, 15) is 9.18 Å². The highest BCUT2D eigenvalue weighted by atomic mass is 19.1. The number of carbonyl (C=O) groups excluding carboxylic acids is 1. The predicted molar refractivity (Wildman–Crippen MR) is 123 cm³/mol. The maximum atomic E-state index is 14.4. The van der Waals surface area contributed by atoms with E-state index in [1.807, 2.05) is 67.9 Å². The third-order valence-electron chi connectivity index (χ3n) is 5.62. The van der Waals surface area contributed by atoms with E-state index in [0.29, 0.717) is 6.54 Å². The Morgan fingerprint density at radius 1 is 1.06 bits per heavy atom. The minimum Gasteiger partial charge on any atom is -0.362 e. The van der Waals surface area contributed by atoms with Gasteiger partial charge in [-0.15, -0.1) is 0 Å². The third-order valence-corrected chi connectivity index (χ3v) is 5.62. The maximum Gasteiger partial charge on any atom is 0.257 e. The van der Waals surface area contributed by atoms with Crippen molar-refractivity contribution in [3.63, 3.8) is 0 Å². The first-order valence-corrected chi connectivity index (χ1v) is 10.8. The van der Waals surface area contributed by atoms with Gasteiger partial charge in [0, 0.05) is 25.7 Å². The molecule has 0 saturated carbocycles. The van der Waals surface area contributed by atoms with Gasteiger partial charge in [0.2, 0.25) is 0 Å². The summed E-state index contributed by atoms with van der Waals surface area (Å²) in [6, 6.07) is 16.1. The number of amides is 1. The maximum absolute atomic E-state index is 14.4. The van der Waals surface area contributed by atoms with Gasteiger partial charge >= 0.3 is 0 Å². The number of rotatable bonds is 8. The molecule has 1 amide bonds. The van der Waals surface area contributed by atoms with Crippen LogP contribution < -0.4 is 4.90 Å². The summed E-state index contributed by atoms with van der Waals surface area (Å²) in [5, 5.41) is 4.87. The van der Waals surface area contributed by atoms with Crippen LogP contribution in [0.4, 0.5) is 10.2 Å². The average Bonchev–Trinajstić information content (AvgIpc) is 3.16. The second-order valence-corrected chi connectivity index (χ2v) is 7.91. The van der Waals surface area contributed by atoms with Gasteiger partial charge in [0.05, 0.1) is 23.5 Å². The highest BCUT2D eigenvalue weighted by molar-refractivity contribution is 5.94. The second kappa shape index (κ2) is 9.77. The van der Waals surface area contributed by atoms with Crippen LogP contribution in [-0.4, -0.2) is 40.7 Å². The van der Waals surface area contributed by atoms with Crippen LogP contribution in [0.25, 0.3) is 5.69 Å². The molecule has 1 aromatic heterocycles. The first-order chi connectivity index (χ1) is 14.9. The summed E-state index contributed by atoms with van der Waals surface area (Å²) >= 11 is 0. The number of halogens is 1. The summed E-state index contributed by atoms with van der Waals surface area (Å²) in [5.41, 5.74) is 2.98. The number of aryl methyl sites for hydroxylation is 1. The highest BCUT2D eigenvalue weighted by Gasteiger charge is 2.28. The molecule has 0 unspecified atom stereocenters. The minimum absolute atomic E-state index is 0.0492. The number of aromatic nitrogens is 2. The Morgan fingerprint density at radius 3 is 2.29 bits per heavy atom. The predicted octanol–water partition coefficient (Wildman–Crippen LogP) is 5.08. The molecule has 5 nitrogen and oxygen atoms in total. The summed E-state index contributed by atoms with van der Waals surface area (Å²) in [6.07, 6.45) is 1.50. The molecule has 2 aromatic carbocycles. The van der Waals surface area contributed by atoms with E-state index in [1.165, 1.54) is 6.07 Å². The van der Waals surface area contributed by atoms with E-state index in [1.54, 1.807) is 23.1 Å². The Bertz CT molecular complexity index is 1030. The molecule has 0 aliphatic rings. The first-order valence-electron chi connectivity index (χ1n) is 10.8. The van der Waals surface area contributed by atoms with Crippen LogP contribution in [-0.2, 0) is 13.0 Å². The summed E-state index contributed by atoms with van der Waals surface area (Å²) in [5.74, 6) is 0.133. The van der Waals surface area contributed by atoms with E-state index in [2.05, 4.69) is 6.92 Å². The van der Waals surface area contributed by atoms with Crippen LogP contribution in [0.5, 0.6) is 0 Å². The SMILES string of the molecule is CCc1nn(-c2ccccc2)c(N(C)C)c1CN(C(=O)c1ccccc1F)[C@@H](C)CC. The lowest BCUT2D eigenvalue weighted by Crippen LogP contribution is -2.38. The van der Waals surface area contributed by atoms with Crippen molar-refractivity contribution in [2.24, 2.45) is 0 Å². The fourth-order valence-electron chi connectivity index (χ4n) is 3.75. The van der Waals surface area contributed by atoms with Crippen LogP contribution in [0.3, 0.4) is 0 Å². The molecular weight excluding hydrogens is 391 g/mol. The fourth-order valence-corrected chi connectivity index (χ4v) is 3.75. The Hall–Kier alpha value is -3.15. The van der Waals surface area contributed by atoms with E-state index >= 15 is 0 Å². The lowest BCUT2D eigenvalue weighted by Gasteiger charge is -2.30. The largest absolute Gasteiger partial charge is 0.362 e. The van der Waals surface area contributed by atoms with E-state index in [-0.39, 0.29) is 17.5 Å². The number of carbonyl (C=O) groups is 1. The topological polar surface area (TPSA) is 41.4 Å². The molecule has 0 aliphatic carbocycles. The van der Waals surface area contributed by atoms with Crippen molar-refractivity contribution < 1.29 is 9.18 Å². The highest BCUT2D eigenvalue weighted by Crippen LogP contribution is 2.29. The van der Waals surface area contributed by atoms with Crippen LogP contribution in [0.15, 0.2) is 54.6 Å². The first kappa shape index (κ1) is 22.5. The Labute approximate surface area is 184 Å². The molecule has 0 saturated heterocycles. The monoisotopic (exact) mass is 422 g/mol. The standard InChI is InChI=1S/C25H31FN4O/c1-6-18(3)29(25(31)20-15-11-12-16-22(20)26)17-21-23(7-2)27-30(24(21)28(4)5)19-13-9-8-10-14-19/h8-16,18H,6-7,17H2,1-5H3/t18-/m0/s1. The molecule has 0 N–H and O–H groups in total. The molecule has 31 heavy (non-hydrogen) atoms. The molecule has 1 heterocycles. The minimum atomic E-state index is -0.496. The molecule has 1 atom stereocenters. The normalized spacial score (nSPS) is 11.9. The average molecular weight is 423 g/mol. The molecule has 0 bridgehead atoms. The lowest BCUT2D eigenvalue weighted by atomic mass is 10.1. The number of anilines is 1. The summed E-state index contributed by atoms with van der Waals surface area (Å²) < 4.78 is 16.3. The van der Waals surface area contributed by atoms with Crippen molar-refractivity contribution in [2.45, 2.75) is 46.2 Å². The Balaban J connectivity index is 2.10. The Kier molecular flexibility index (Phi) is 7.10. The van der Waals surface area contributed by atoms with Crippen LogP contribution in [0.1, 0.15) is 48.8 Å². The van der Waals surface area contributed by atoms with Crippen molar-refractivity contribution in [3.8, 4) is 5.69 Å². The number of nitrogens with zero attached hydrogens (tertiary/aromatic N) is 4. The van der Waals surface area contributed by atoms with Gasteiger partial charge in [0.25, 0.3) is 5.91 Å². The van der Waals surface area contributed by atoms with Gasteiger partial charge in [0.15, 0.2) is 0 Å². The van der Waals surface area contributed by atoms with Crippen molar-refractivity contribution >= 4 is 11.7 Å². The van der Waals surface area contributed by atoms with Crippen molar-refractivity contribution in [2.75, 3.05) is 19.0 Å². The second-order valence-electron chi connectivity index (χ2n) is 7.91. The van der Waals surface area contributed by atoms with E-state index in [4.69, 9.17) is 5.10 Å². The summed E-state index contributed by atoms with van der Waals surface area (Å²) in [6.45, 7) is 6.47. The van der Waals surface area contributed by atoms with Gasteiger partial charge < -0.3 is 9.80 Å². The van der Waals surface area contributed by atoms with Gasteiger partial charge in [-0.2, -0.15) is 5.10 Å². The summed E-state index contributed by atoms with van der Waals surface area (Å²) in [7, 11) is 3.96. The van der Waals surface area contributed by atoms with Crippen LogP contribution >= 0.6 is 0 Å². The molecule has 0 radical (unpaired) electrons. The van der Waals surface area contributed by atoms with E-state index in [0.717, 1.165) is 35.6 Å². The number of hydrogen-bond donors (Lipinski definition) is 0. The zero-order valence-corrected chi connectivity index (χ0v) is 19.0. The fraction of sp³-hybridized carbons (Fsp3) is 0.360. The van der Waals surface area contributed by atoms with Crippen molar-refractivity contribution in [1.82, 2.24) is 14.7 Å². The van der Waals surface area contributed by atoms with Gasteiger partial charge in [-0.3, -0.25) is 4.79 Å². The number of hydrogen-bond acceptors (Lipinski definition) is 3. The molecule has 0 fully saturated rings. The van der Waals surface area contributed by atoms with Crippen LogP contribution in [0.2, 0.25) is 0 Å². The smallest absolute Gasteiger partial charge is 0.257 e. The molecule has 6 heteroatoms. The molecule has 164 valence electrons. The zero-order chi connectivity index (χ0) is 22.5. The lowest BCUT2D eigenvalue weighted by molar-refractivity contribution is 0.0666. The van der Waals surface area contributed by atoms with Gasteiger partial charge in [-0.25, -0.2) is 9.07 Å². The van der Waals surface area contributed by atoms with Crippen molar-refractivity contribution in [1.29, 1.82) is 0 Å². The van der Waals surface area contributed by atoms with Gasteiger partial charge in [-0.05, 0) is 44.0 Å². The third kappa shape index (κ3) is 4.63.